The number of ketones is 1. The van der Waals surface area contributed by atoms with E-state index in [0.29, 0.717) is 13.0 Å². The Bertz CT molecular complexity index is 596. The highest BCUT2D eigenvalue weighted by atomic mass is 31.2. The lowest BCUT2D eigenvalue weighted by molar-refractivity contribution is -0.119. The molecule has 10 nitrogen and oxygen atoms in total. The summed E-state index contributed by atoms with van der Waals surface area (Å²) in [5.74, 6) is -0.642. The molecule has 0 aromatic rings. The number of hydrogen-bond donors (Lipinski definition) is 2. The van der Waals surface area contributed by atoms with E-state index in [2.05, 4.69) is 5.32 Å². The number of nitrogens with one attached hydrogen (secondary N) is 1. The summed E-state index contributed by atoms with van der Waals surface area (Å²) >= 11 is 0. The first-order chi connectivity index (χ1) is 12.4. The van der Waals surface area contributed by atoms with E-state index in [4.69, 9.17) is 18.9 Å². The molecule has 1 saturated heterocycles. The summed E-state index contributed by atoms with van der Waals surface area (Å²) in [4.78, 5) is 37.1. The van der Waals surface area contributed by atoms with E-state index in [9.17, 15) is 18.9 Å². The topological polar surface area (TPSA) is 131 Å². The van der Waals surface area contributed by atoms with E-state index < -0.39 is 43.4 Å². The first-order valence-electron chi connectivity index (χ1n) is 8.59. The molecule has 0 aliphatic carbocycles. The van der Waals surface area contributed by atoms with Crippen LogP contribution >= 0.6 is 7.60 Å². The van der Waals surface area contributed by atoms with Crippen LogP contribution in [0.1, 0.15) is 33.6 Å². The van der Waals surface area contributed by atoms with Crippen molar-refractivity contribution >= 4 is 25.6 Å². The van der Waals surface area contributed by atoms with Crippen molar-refractivity contribution in [2.45, 2.75) is 45.3 Å². The zero-order valence-corrected chi connectivity index (χ0v) is 17.3. The Morgan fingerprint density at radius 1 is 1.26 bits per heavy atom. The van der Waals surface area contributed by atoms with Gasteiger partial charge < -0.3 is 29.1 Å². The molecule has 1 fully saturated rings. The van der Waals surface area contributed by atoms with Crippen LogP contribution < -0.4 is 5.32 Å². The first kappa shape index (κ1) is 23.4. The van der Waals surface area contributed by atoms with Gasteiger partial charge in [0.1, 0.15) is 11.8 Å². The van der Waals surface area contributed by atoms with Gasteiger partial charge in [0.05, 0.1) is 6.04 Å². The van der Waals surface area contributed by atoms with Crippen molar-refractivity contribution in [2.75, 3.05) is 33.5 Å². The number of carbonyl (C=O) groups excluding carboxylic acids is 2. The van der Waals surface area contributed by atoms with Crippen LogP contribution in [0.5, 0.6) is 0 Å². The van der Waals surface area contributed by atoms with Crippen molar-refractivity contribution in [3.63, 3.8) is 0 Å². The number of nitrogens with zero attached hydrogens (tertiary/aromatic N) is 1. The molecule has 1 unspecified atom stereocenters. The third-order valence-electron chi connectivity index (χ3n) is 4.11. The van der Waals surface area contributed by atoms with Crippen LogP contribution in [0.2, 0.25) is 0 Å². The average molecular weight is 408 g/mol. The number of amides is 2. The second-order valence-electron chi connectivity index (χ2n) is 7.42. The Balaban J connectivity index is 2.85. The van der Waals surface area contributed by atoms with E-state index in [1.165, 1.54) is 19.1 Å². The van der Waals surface area contributed by atoms with Crippen molar-refractivity contribution in [3.8, 4) is 0 Å². The summed E-state index contributed by atoms with van der Waals surface area (Å²) in [7, 11) is -1.24. The van der Waals surface area contributed by atoms with E-state index in [0.717, 1.165) is 0 Å². The molecule has 2 N–H and O–H groups in total. The molecule has 2 atom stereocenters. The number of carboxylic acid groups (broad SMARTS) is 1. The number of ether oxygens (including phenoxy) is 1. The molecular weight excluding hydrogens is 379 g/mol. The molecule has 27 heavy (non-hydrogen) atoms. The molecule has 11 heteroatoms. The van der Waals surface area contributed by atoms with Gasteiger partial charge in [0.15, 0.2) is 5.78 Å². The number of carbonyl (C=O) groups is 3. The molecule has 0 spiro atoms. The third-order valence-corrected chi connectivity index (χ3v) is 5.92. The maximum Gasteiger partial charge on any atom is 0.408 e. The molecule has 156 valence electrons. The summed E-state index contributed by atoms with van der Waals surface area (Å²) in [5.41, 5.74) is -0.750. The fraction of sp³-hybridized carbons (Fsp3) is 0.812. The van der Waals surface area contributed by atoms with E-state index in [1.807, 2.05) is 0 Å². The van der Waals surface area contributed by atoms with E-state index in [1.54, 1.807) is 20.8 Å². The van der Waals surface area contributed by atoms with Gasteiger partial charge in [-0.15, -0.1) is 0 Å². The second-order valence-corrected chi connectivity index (χ2v) is 9.69. The Hall–Kier alpha value is -1.64. The van der Waals surface area contributed by atoms with Gasteiger partial charge >= 0.3 is 19.8 Å². The van der Waals surface area contributed by atoms with Gasteiger partial charge in [0.25, 0.3) is 0 Å². The fourth-order valence-electron chi connectivity index (χ4n) is 2.76. The van der Waals surface area contributed by atoms with Crippen molar-refractivity contribution in [1.82, 2.24) is 10.2 Å². The third kappa shape index (κ3) is 7.86. The molecule has 1 aliphatic rings. The number of alkyl carbamates (subject to hydrolysis) is 1. The highest BCUT2D eigenvalue weighted by molar-refractivity contribution is 7.54. The zero-order valence-electron chi connectivity index (χ0n) is 16.4. The number of likely N-dealkylation sites (tertiary alicyclic amines) is 1. The van der Waals surface area contributed by atoms with Crippen LogP contribution in [0.3, 0.4) is 0 Å². The van der Waals surface area contributed by atoms with Gasteiger partial charge in [-0.2, -0.15) is 0 Å². The van der Waals surface area contributed by atoms with Crippen LogP contribution in [0.15, 0.2) is 0 Å². The van der Waals surface area contributed by atoms with Crippen LogP contribution in [0.25, 0.3) is 0 Å². The van der Waals surface area contributed by atoms with E-state index in [-0.39, 0.29) is 18.9 Å². The fourth-order valence-corrected chi connectivity index (χ4v) is 3.77. The Labute approximate surface area is 159 Å². The monoisotopic (exact) mass is 408 g/mol. The molecule has 2 amide bonds. The molecule has 0 saturated carbocycles. The molecule has 0 aromatic carbocycles. The lowest BCUT2D eigenvalue weighted by Crippen LogP contribution is -2.45. The largest absolute Gasteiger partial charge is 0.465 e. The van der Waals surface area contributed by atoms with Crippen molar-refractivity contribution < 1.29 is 37.8 Å². The SMILES string of the molecule is COP(=O)(CC(=O)[C@H](CC1CCN(C(=O)O)C1)NC(=O)OC(C)(C)C)OC. The van der Waals surface area contributed by atoms with Crippen molar-refractivity contribution in [1.29, 1.82) is 0 Å². The van der Waals surface area contributed by atoms with Crippen LogP contribution in [0, 0.1) is 5.92 Å². The molecule has 0 bridgehead atoms. The van der Waals surface area contributed by atoms with E-state index >= 15 is 0 Å². The smallest absolute Gasteiger partial charge is 0.408 e. The van der Waals surface area contributed by atoms with Crippen LogP contribution in [0.4, 0.5) is 9.59 Å². The Kier molecular flexibility index (Phi) is 8.25. The van der Waals surface area contributed by atoms with Gasteiger partial charge in [0, 0.05) is 27.3 Å². The Morgan fingerprint density at radius 3 is 2.30 bits per heavy atom. The highest BCUT2D eigenvalue weighted by Crippen LogP contribution is 2.46. The summed E-state index contributed by atoms with van der Waals surface area (Å²) in [6.45, 7) is 5.70. The molecule has 1 heterocycles. The maximum absolute atomic E-state index is 12.6. The molecule has 0 aromatic heterocycles. The number of Topliss-reactive ketones (excluding diaryl/α,β-unsaturated/α-hetero) is 1. The minimum absolute atomic E-state index is 0.116. The Morgan fingerprint density at radius 2 is 1.85 bits per heavy atom. The minimum Gasteiger partial charge on any atom is -0.465 e. The van der Waals surface area contributed by atoms with Gasteiger partial charge in [-0.3, -0.25) is 9.36 Å². The highest BCUT2D eigenvalue weighted by Gasteiger charge is 2.35. The van der Waals surface area contributed by atoms with Crippen molar-refractivity contribution in [3.05, 3.63) is 0 Å². The predicted molar refractivity (Wildman–Crippen MR) is 97.0 cm³/mol. The molecule has 0 radical (unpaired) electrons. The molecule has 1 rings (SSSR count). The van der Waals surface area contributed by atoms with Gasteiger partial charge in [-0.1, -0.05) is 0 Å². The van der Waals surface area contributed by atoms with Gasteiger partial charge in [-0.25, -0.2) is 9.59 Å². The number of rotatable bonds is 8. The average Bonchev–Trinajstić information content (AvgIpc) is 3.01. The lowest BCUT2D eigenvalue weighted by atomic mass is 9.97. The van der Waals surface area contributed by atoms with Crippen molar-refractivity contribution in [2.24, 2.45) is 5.92 Å². The quantitative estimate of drug-likeness (QED) is 0.585. The predicted octanol–water partition coefficient (Wildman–Crippen LogP) is 2.32. The minimum atomic E-state index is -3.59. The van der Waals surface area contributed by atoms with Crippen LogP contribution in [-0.4, -0.2) is 73.1 Å². The van der Waals surface area contributed by atoms with Crippen LogP contribution in [-0.2, 0) is 23.1 Å². The van der Waals surface area contributed by atoms with Gasteiger partial charge in [-0.05, 0) is 39.5 Å². The normalized spacial score (nSPS) is 18.9. The second kappa shape index (κ2) is 9.52. The number of hydrogen-bond acceptors (Lipinski definition) is 7. The molecule has 1 aliphatic heterocycles. The summed E-state index contributed by atoms with van der Waals surface area (Å²) in [6.07, 6.45) is -1.54. The lowest BCUT2D eigenvalue weighted by Gasteiger charge is -2.25. The maximum atomic E-state index is 12.6. The first-order valence-corrected chi connectivity index (χ1v) is 10.3. The zero-order chi connectivity index (χ0) is 20.8. The van der Waals surface area contributed by atoms with Gasteiger partial charge in [0.2, 0.25) is 0 Å². The molecular formula is C16H29N2O8P. The summed E-state index contributed by atoms with van der Waals surface area (Å²) < 4.78 is 27.0. The summed E-state index contributed by atoms with van der Waals surface area (Å²) in [6, 6.07) is -0.989. The standard InChI is InChI=1S/C16H29N2O8P/c1-16(2,3)26-14(20)17-12(13(19)10-27(23,24-4)25-5)8-11-6-7-18(9-11)15(21)22/h11-12H,6-10H2,1-5H3,(H,17,20)(H,21,22)/t11?,12-/m0/s1. The summed E-state index contributed by atoms with van der Waals surface area (Å²) in [5, 5.41) is 11.6.